The number of hydrogen-bond donors (Lipinski definition) is 2. The van der Waals surface area contributed by atoms with Gasteiger partial charge in [0.2, 0.25) is 0 Å². The summed E-state index contributed by atoms with van der Waals surface area (Å²) in [5.41, 5.74) is 3.00. The van der Waals surface area contributed by atoms with Crippen LogP contribution in [-0.2, 0) is 15.3 Å². The molecule has 196 valence electrons. The molecule has 3 heterocycles. The monoisotopic (exact) mass is 541 g/mol. The number of aromatic nitrogens is 3. The molecule has 2 aromatic heterocycles. The van der Waals surface area contributed by atoms with E-state index < -0.39 is 22.4 Å². The molecule has 5 rings (SSSR count). The van der Waals surface area contributed by atoms with Gasteiger partial charge < -0.3 is 15.0 Å². The number of nitro groups is 1. The molecule has 2 N–H and O–H groups in total. The summed E-state index contributed by atoms with van der Waals surface area (Å²) in [6, 6.07) is 19.1. The summed E-state index contributed by atoms with van der Waals surface area (Å²) in [7, 11) is 0. The second kappa shape index (κ2) is 11.3. The summed E-state index contributed by atoms with van der Waals surface area (Å²) < 4.78 is 5.44. The van der Waals surface area contributed by atoms with E-state index in [0.717, 1.165) is 11.1 Å². The van der Waals surface area contributed by atoms with Crippen LogP contribution in [0.25, 0.3) is 5.70 Å². The zero-order chi connectivity index (χ0) is 27.4. The average Bonchev–Trinajstić information content (AvgIpc) is 2.96. The maximum Gasteiger partial charge on any atom is 0.337 e. The summed E-state index contributed by atoms with van der Waals surface area (Å²) in [5.74, 6) is -0.516. The molecule has 1 unspecified atom stereocenters. The number of carbonyl (C=O) groups excluding carboxylic acids is 1. The third-order valence-corrected chi connectivity index (χ3v) is 7.09. The quantitative estimate of drug-likeness (QED) is 0.105. The van der Waals surface area contributed by atoms with Gasteiger partial charge in [-0.15, -0.1) is 0 Å². The van der Waals surface area contributed by atoms with Gasteiger partial charge in [0.25, 0.3) is 11.2 Å². The first-order valence-corrected chi connectivity index (χ1v) is 13.1. The van der Waals surface area contributed by atoms with Crippen molar-refractivity contribution in [1.29, 1.82) is 0 Å². The van der Waals surface area contributed by atoms with Crippen LogP contribution in [0.3, 0.4) is 0 Å². The highest BCUT2D eigenvalue weighted by molar-refractivity contribution is 7.98. The number of pyridine rings is 1. The van der Waals surface area contributed by atoms with Crippen LogP contribution in [0, 0.1) is 10.1 Å². The predicted molar refractivity (Wildman–Crippen MR) is 147 cm³/mol. The van der Waals surface area contributed by atoms with E-state index in [1.165, 1.54) is 23.9 Å². The number of rotatable bonds is 8. The molecule has 0 radical (unpaired) electrons. The molecule has 0 bridgehead atoms. The number of non-ortho nitro benzene ring substituents is 1. The van der Waals surface area contributed by atoms with E-state index in [-0.39, 0.29) is 12.3 Å². The minimum atomic E-state index is -0.747. The first-order valence-electron chi connectivity index (χ1n) is 12.1. The van der Waals surface area contributed by atoms with E-state index >= 15 is 0 Å². The van der Waals surface area contributed by atoms with E-state index in [9.17, 15) is 19.7 Å². The molecule has 0 aliphatic carbocycles. The van der Waals surface area contributed by atoms with Gasteiger partial charge in [0.1, 0.15) is 5.82 Å². The Balaban J connectivity index is 1.59. The van der Waals surface area contributed by atoms with Crippen molar-refractivity contribution in [3.63, 3.8) is 0 Å². The van der Waals surface area contributed by atoms with Crippen molar-refractivity contribution in [2.24, 2.45) is 0 Å². The van der Waals surface area contributed by atoms with E-state index in [0.29, 0.717) is 39.1 Å². The molecule has 0 amide bonds. The fourth-order valence-corrected chi connectivity index (χ4v) is 5.20. The molecule has 10 nitrogen and oxygen atoms in total. The van der Waals surface area contributed by atoms with Crippen molar-refractivity contribution in [2.75, 3.05) is 11.9 Å². The average molecular weight is 542 g/mol. The summed E-state index contributed by atoms with van der Waals surface area (Å²) in [5, 5.41) is 14.5. The Morgan fingerprint density at radius 1 is 1.08 bits per heavy atom. The Bertz CT molecular complexity index is 1610. The molecule has 2 aromatic carbocycles. The third kappa shape index (κ3) is 5.43. The Morgan fingerprint density at radius 3 is 2.46 bits per heavy atom. The van der Waals surface area contributed by atoms with Crippen LogP contribution in [0.2, 0.25) is 0 Å². The molecule has 0 saturated heterocycles. The van der Waals surface area contributed by atoms with Crippen LogP contribution in [0.1, 0.15) is 35.1 Å². The van der Waals surface area contributed by atoms with Crippen LogP contribution < -0.4 is 10.9 Å². The van der Waals surface area contributed by atoms with E-state index in [1.807, 2.05) is 30.3 Å². The summed E-state index contributed by atoms with van der Waals surface area (Å²) >= 11 is 1.29. The van der Waals surface area contributed by atoms with Crippen LogP contribution in [0.4, 0.5) is 11.5 Å². The zero-order valence-electron chi connectivity index (χ0n) is 20.8. The minimum Gasteiger partial charge on any atom is -0.463 e. The lowest BCUT2D eigenvalue weighted by Crippen LogP contribution is -2.31. The number of aromatic amines is 1. The lowest BCUT2D eigenvalue weighted by Gasteiger charge is -2.30. The van der Waals surface area contributed by atoms with Gasteiger partial charge in [-0.1, -0.05) is 54.2 Å². The molecule has 0 saturated carbocycles. The number of benzene rings is 2. The number of thioether (sulfide) groups is 1. The summed E-state index contributed by atoms with van der Waals surface area (Å²) in [6.45, 7) is 1.91. The van der Waals surface area contributed by atoms with Crippen molar-refractivity contribution in [3.05, 3.63) is 127 Å². The highest BCUT2D eigenvalue weighted by Crippen LogP contribution is 2.43. The van der Waals surface area contributed by atoms with Gasteiger partial charge in [-0.2, -0.15) is 0 Å². The van der Waals surface area contributed by atoms with Crippen LogP contribution in [0.5, 0.6) is 0 Å². The second-order valence-corrected chi connectivity index (χ2v) is 9.52. The van der Waals surface area contributed by atoms with Crippen molar-refractivity contribution >= 4 is 34.9 Å². The van der Waals surface area contributed by atoms with Gasteiger partial charge in [-0.25, -0.2) is 9.78 Å². The van der Waals surface area contributed by atoms with Gasteiger partial charge in [0.05, 0.1) is 34.3 Å². The van der Waals surface area contributed by atoms with Gasteiger partial charge in [0, 0.05) is 30.3 Å². The first-order chi connectivity index (χ1) is 19.0. The number of hydrogen-bond acceptors (Lipinski definition) is 9. The fourth-order valence-electron chi connectivity index (χ4n) is 4.38. The van der Waals surface area contributed by atoms with Crippen molar-refractivity contribution in [3.8, 4) is 0 Å². The highest BCUT2D eigenvalue weighted by Gasteiger charge is 2.38. The van der Waals surface area contributed by atoms with Crippen LogP contribution in [-0.4, -0.2) is 32.5 Å². The first kappa shape index (κ1) is 25.9. The molecule has 39 heavy (non-hydrogen) atoms. The minimum absolute atomic E-state index is 0.00745. The van der Waals surface area contributed by atoms with E-state index in [2.05, 4.69) is 15.3 Å². The Labute approximate surface area is 227 Å². The topological polar surface area (TPSA) is 140 Å². The van der Waals surface area contributed by atoms with Crippen LogP contribution >= 0.6 is 11.8 Å². The number of ether oxygens (including phenoxy) is 1. The Hall–Kier alpha value is -4.77. The molecule has 0 fully saturated rings. The largest absolute Gasteiger partial charge is 0.463 e. The summed E-state index contributed by atoms with van der Waals surface area (Å²) in [6.07, 6.45) is 3.22. The number of nitro benzene ring substituents is 1. The van der Waals surface area contributed by atoms with Gasteiger partial charge >= 0.3 is 5.97 Å². The molecule has 1 aliphatic heterocycles. The van der Waals surface area contributed by atoms with E-state index in [1.54, 1.807) is 43.6 Å². The summed E-state index contributed by atoms with van der Waals surface area (Å²) in [4.78, 5) is 49.0. The number of fused-ring (bicyclic) bond motifs is 1. The zero-order valence-corrected chi connectivity index (χ0v) is 21.6. The van der Waals surface area contributed by atoms with Crippen LogP contribution in [0.15, 0.2) is 94.6 Å². The molecule has 1 aliphatic rings. The second-order valence-electron chi connectivity index (χ2n) is 8.56. The number of H-pyrrole nitrogens is 1. The third-order valence-electron chi connectivity index (χ3n) is 6.14. The standard InChI is InChI=1S/C28H23N5O5S/c1-2-38-27(35)22-21(18-12-14-29-15-13-18)23-25(30-24(22)19-6-4-3-5-7-19)31-28(32-26(23)34)39-16-17-8-10-20(11-9-17)33(36)37/h3-15,21H,2,16H2,1H3,(H2,30,31,32,34). The van der Waals surface area contributed by atoms with E-state index in [4.69, 9.17) is 9.72 Å². The number of carbonyl (C=O) groups is 1. The van der Waals surface area contributed by atoms with Crippen molar-refractivity contribution in [2.45, 2.75) is 23.8 Å². The van der Waals surface area contributed by atoms with Gasteiger partial charge in [-0.05, 0) is 35.7 Å². The molecule has 0 spiro atoms. The van der Waals surface area contributed by atoms with Crippen molar-refractivity contribution < 1.29 is 14.5 Å². The Morgan fingerprint density at radius 2 is 1.79 bits per heavy atom. The van der Waals surface area contributed by atoms with Gasteiger partial charge in [0.15, 0.2) is 5.16 Å². The maximum absolute atomic E-state index is 13.6. The lowest BCUT2D eigenvalue weighted by molar-refractivity contribution is -0.384. The fraction of sp³-hybridized carbons (Fsp3) is 0.143. The number of nitrogens with zero attached hydrogens (tertiary/aromatic N) is 3. The highest BCUT2D eigenvalue weighted by atomic mass is 32.2. The normalized spacial score (nSPS) is 14.3. The number of esters is 1. The SMILES string of the molecule is CCOC(=O)C1=C(c2ccccc2)Nc2nc(SCc3ccc([N+](=O)[O-])cc3)[nH]c(=O)c2C1c1ccncc1. The maximum atomic E-state index is 13.6. The molecular formula is C28H23N5O5S. The Kier molecular flexibility index (Phi) is 7.50. The predicted octanol–water partition coefficient (Wildman–Crippen LogP) is 4.90. The number of nitrogens with one attached hydrogen (secondary N) is 2. The molecule has 1 atom stereocenters. The lowest BCUT2D eigenvalue weighted by atomic mass is 9.81. The van der Waals surface area contributed by atoms with Crippen molar-refractivity contribution in [1.82, 2.24) is 15.0 Å². The smallest absolute Gasteiger partial charge is 0.337 e. The van der Waals surface area contributed by atoms with Gasteiger partial charge in [-0.3, -0.25) is 19.9 Å². The molecule has 4 aromatic rings. The number of anilines is 1. The molecular weight excluding hydrogens is 518 g/mol. The molecule has 11 heteroatoms.